The number of carbonyl (C=O) groups is 1. The Morgan fingerprint density at radius 1 is 1.33 bits per heavy atom. The first kappa shape index (κ1) is 17.3. The Bertz CT molecular complexity index is 322. The van der Waals surface area contributed by atoms with Crippen molar-refractivity contribution in [1.82, 2.24) is 4.72 Å². The first-order valence-corrected chi connectivity index (χ1v) is 7.84. The molecule has 0 aliphatic carbocycles. The van der Waals surface area contributed by atoms with Crippen LogP contribution >= 0.6 is 0 Å². The van der Waals surface area contributed by atoms with E-state index in [4.69, 9.17) is 5.11 Å². The van der Waals surface area contributed by atoms with Crippen molar-refractivity contribution in [2.45, 2.75) is 33.1 Å². The molecular formula is C11H23NO5S. The Balaban J connectivity index is 4.18. The second kappa shape index (κ2) is 9.29. The van der Waals surface area contributed by atoms with Gasteiger partial charge >= 0.3 is 5.97 Å². The summed E-state index contributed by atoms with van der Waals surface area (Å²) in [5.74, 6) is -1.31. The fourth-order valence-corrected chi connectivity index (χ4v) is 2.58. The molecule has 0 aromatic rings. The first-order chi connectivity index (χ1) is 8.45. The highest BCUT2D eigenvalue weighted by Gasteiger charge is 2.18. The number of carbonyl (C=O) groups excluding carboxylic acids is 1. The molecule has 0 aliphatic heterocycles. The van der Waals surface area contributed by atoms with E-state index in [1.807, 2.05) is 6.92 Å². The van der Waals surface area contributed by atoms with E-state index in [9.17, 15) is 13.2 Å². The summed E-state index contributed by atoms with van der Waals surface area (Å²) in [4.78, 5) is 11.1. The van der Waals surface area contributed by atoms with Gasteiger partial charge in [0.15, 0.2) is 5.75 Å². The lowest BCUT2D eigenvalue weighted by molar-refractivity contribution is -0.139. The number of esters is 1. The molecule has 7 heteroatoms. The molecule has 0 heterocycles. The van der Waals surface area contributed by atoms with Crippen molar-refractivity contribution in [3.8, 4) is 0 Å². The van der Waals surface area contributed by atoms with Crippen LogP contribution in [0.15, 0.2) is 0 Å². The number of hydrogen-bond acceptors (Lipinski definition) is 5. The van der Waals surface area contributed by atoms with E-state index < -0.39 is 21.7 Å². The van der Waals surface area contributed by atoms with Gasteiger partial charge in [0.2, 0.25) is 10.0 Å². The van der Waals surface area contributed by atoms with Crippen LogP contribution in [0.3, 0.4) is 0 Å². The molecule has 1 unspecified atom stereocenters. The Morgan fingerprint density at radius 3 is 2.50 bits per heavy atom. The molecular weight excluding hydrogens is 258 g/mol. The van der Waals surface area contributed by atoms with Crippen molar-refractivity contribution >= 4 is 16.0 Å². The molecule has 0 radical (unpaired) electrons. The molecule has 0 saturated carbocycles. The maximum Gasteiger partial charge on any atom is 0.322 e. The normalized spacial score (nSPS) is 13.3. The molecule has 0 aromatic heterocycles. The van der Waals surface area contributed by atoms with Crippen molar-refractivity contribution in [2.24, 2.45) is 5.92 Å². The van der Waals surface area contributed by atoms with Crippen LogP contribution in [0.4, 0.5) is 0 Å². The molecule has 0 aliphatic rings. The Labute approximate surface area is 109 Å². The lowest BCUT2D eigenvalue weighted by atomic mass is 10.0. The van der Waals surface area contributed by atoms with Gasteiger partial charge in [-0.15, -0.1) is 0 Å². The van der Waals surface area contributed by atoms with E-state index in [0.717, 1.165) is 12.8 Å². The molecule has 0 bridgehead atoms. The van der Waals surface area contributed by atoms with Crippen LogP contribution in [0.1, 0.15) is 33.1 Å². The highest BCUT2D eigenvalue weighted by molar-refractivity contribution is 7.90. The minimum atomic E-state index is -3.64. The molecule has 0 aromatic carbocycles. The zero-order valence-electron chi connectivity index (χ0n) is 11.0. The molecule has 1 atom stereocenters. The van der Waals surface area contributed by atoms with Gasteiger partial charge in [0.25, 0.3) is 0 Å². The molecule has 0 fully saturated rings. The van der Waals surface area contributed by atoms with Crippen molar-refractivity contribution < 1.29 is 23.1 Å². The van der Waals surface area contributed by atoms with Crippen molar-refractivity contribution in [1.29, 1.82) is 0 Å². The van der Waals surface area contributed by atoms with Crippen LogP contribution in [0, 0.1) is 5.92 Å². The number of sulfonamides is 1. The summed E-state index contributed by atoms with van der Waals surface area (Å²) in [7, 11) is -3.64. The Kier molecular flexibility index (Phi) is 8.95. The smallest absolute Gasteiger partial charge is 0.322 e. The van der Waals surface area contributed by atoms with Crippen LogP contribution in [0.25, 0.3) is 0 Å². The fourth-order valence-electron chi connectivity index (χ4n) is 1.59. The van der Waals surface area contributed by atoms with Crippen LogP contribution in [-0.4, -0.2) is 45.0 Å². The van der Waals surface area contributed by atoms with Crippen LogP contribution < -0.4 is 4.72 Å². The molecule has 2 N–H and O–H groups in total. The number of ether oxygens (including phenoxy) is 1. The average Bonchev–Trinajstić information content (AvgIpc) is 2.26. The summed E-state index contributed by atoms with van der Waals surface area (Å²) in [6.07, 6.45) is 2.31. The zero-order valence-corrected chi connectivity index (χ0v) is 11.8. The van der Waals surface area contributed by atoms with E-state index in [2.05, 4.69) is 9.46 Å². The van der Waals surface area contributed by atoms with Crippen molar-refractivity contribution in [3.05, 3.63) is 0 Å². The minimum absolute atomic E-state index is 0.0320. The second-order valence-electron chi connectivity index (χ2n) is 4.08. The number of hydrogen-bond donors (Lipinski definition) is 2. The van der Waals surface area contributed by atoms with E-state index in [0.29, 0.717) is 6.42 Å². The van der Waals surface area contributed by atoms with E-state index in [-0.39, 0.29) is 25.7 Å². The summed E-state index contributed by atoms with van der Waals surface area (Å²) in [5, 5.41) is 8.86. The maximum absolute atomic E-state index is 11.6. The quantitative estimate of drug-likeness (QED) is 0.561. The zero-order chi connectivity index (χ0) is 14.0. The largest absolute Gasteiger partial charge is 0.465 e. The van der Waals surface area contributed by atoms with E-state index in [1.54, 1.807) is 6.92 Å². The topological polar surface area (TPSA) is 92.7 Å². The molecule has 0 rings (SSSR count). The lowest BCUT2D eigenvalue weighted by Crippen LogP contribution is -2.34. The predicted octanol–water partition coefficient (Wildman–Crippen LogP) is 0.268. The molecule has 6 nitrogen and oxygen atoms in total. The molecule has 0 spiro atoms. The van der Waals surface area contributed by atoms with Gasteiger partial charge < -0.3 is 9.84 Å². The van der Waals surface area contributed by atoms with Crippen molar-refractivity contribution in [2.75, 3.05) is 25.5 Å². The van der Waals surface area contributed by atoms with Gasteiger partial charge in [0, 0.05) is 13.2 Å². The van der Waals surface area contributed by atoms with Crippen LogP contribution in [0.2, 0.25) is 0 Å². The summed E-state index contributed by atoms with van der Waals surface area (Å²) >= 11 is 0. The first-order valence-electron chi connectivity index (χ1n) is 6.19. The molecule has 18 heavy (non-hydrogen) atoms. The van der Waals surface area contributed by atoms with Gasteiger partial charge in [-0.1, -0.05) is 13.3 Å². The average molecular weight is 281 g/mol. The number of nitrogens with one attached hydrogen (secondary N) is 1. The summed E-state index contributed by atoms with van der Waals surface area (Å²) in [6, 6.07) is 0. The van der Waals surface area contributed by atoms with Crippen LogP contribution in [0.5, 0.6) is 0 Å². The van der Waals surface area contributed by atoms with Crippen molar-refractivity contribution in [3.63, 3.8) is 0 Å². The predicted molar refractivity (Wildman–Crippen MR) is 68.5 cm³/mol. The van der Waals surface area contributed by atoms with E-state index in [1.165, 1.54) is 0 Å². The van der Waals surface area contributed by atoms with Crippen LogP contribution in [-0.2, 0) is 19.6 Å². The van der Waals surface area contributed by atoms with Gasteiger partial charge in [0.1, 0.15) is 0 Å². The summed E-state index contributed by atoms with van der Waals surface area (Å²) in [5.41, 5.74) is 0. The third-order valence-electron chi connectivity index (χ3n) is 2.44. The highest BCUT2D eigenvalue weighted by atomic mass is 32.2. The third-order valence-corrected chi connectivity index (χ3v) is 3.66. The summed E-state index contributed by atoms with van der Waals surface area (Å²) in [6.45, 7) is 4.06. The van der Waals surface area contributed by atoms with Gasteiger partial charge in [-0.25, -0.2) is 13.1 Å². The SMILES string of the molecule is CCCC(CCO)CNS(=O)(=O)CC(=O)OCC. The monoisotopic (exact) mass is 281 g/mol. The maximum atomic E-state index is 11.6. The fraction of sp³-hybridized carbons (Fsp3) is 0.909. The highest BCUT2D eigenvalue weighted by Crippen LogP contribution is 2.09. The molecule has 0 amide bonds. The van der Waals surface area contributed by atoms with Gasteiger partial charge in [-0.05, 0) is 25.7 Å². The number of rotatable bonds is 10. The molecule has 0 saturated heterocycles. The second-order valence-corrected chi connectivity index (χ2v) is 5.89. The minimum Gasteiger partial charge on any atom is -0.465 e. The number of aliphatic hydroxyl groups is 1. The lowest BCUT2D eigenvalue weighted by Gasteiger charge is -2.15. The Morgan fingerprint density at radius 2 is 2.00 bits per heavy atom. The molecule has 108 valence electrons. The van der Waals surface area contributed by atoms with Gasteiger partial charge in [-0.2, -0.15) is 0 Å². The van der Waals surface area contributed by atoms with Gasteiger partial charge in [-0.3, -0.25) is 4.79 Å². The standard InChI is InChI=1S/C11H23NO5S/c1-3-5-10(6-7-13)8-12-18(15,16)9-11(14)17-4-2/h10,12-13H,3-9H2,1-2H3. The van der Waals surface area contributed by atoms with E-state index >= 15 is 0 Å². The third kappa shape index (κ3) is 8.43. The summed E-state index contributed by atoms with van der Waals surface area (Å²) < 4.78 is 30.1. The Hall–Kier alpha value is -0.660. The number of aliphatic hydroxyl groups excluding tert-OH is 1. The van der Waals surface area contributed by atoms with Gasteiger partial charge in [0.05, 0.1) is 6.61 Å².